The molecule has 8 heteroatoms. The lowest BCUT2D eigenvalue weighted by Gasteiger charge is -2.14. The molecule has 0 aliphatic carbocycles. The summed E-state index contributed by atoms with van der Waals surface area (Å²) < 4.78 is 9.89. The van der Waals surface area contributed by atoms with Gasteiger partial charge in [-0.05, 0) is 19.9 Å². The predicted octanol–water partition coefficient (Wildman–Crippen LogP) is 2.05. The van der Waals surface area contributed by atoms with Gasteiger partial charge in [0, 0.05) is 18.2 Å². The van der Waals surface area contributed by atoms with Crippen molar-refractivity contribution in [1.29, 1.82) is 0 Å². The van der Waals surface area contributed by atoms with Crippen molar-refractivity contribution in [2.45, 2.75) is 20.0 Å². The molecule has 0 saturated carbocycles. The molecule has 1 aromatic rings. The molecular formula is C14H16N2O6. The summed E-state index contributed by atoms with van der Waals surface area (Å²) in [6.45, 7) is 3.03. The second-order valence-electron chi connectivity index (χ2n) is 4.21. The molecule has 0 saturated heterocycles. The standard InChI is InChI=1S/C14H16N2O6/c1-4-5-13(17)22-9(2)14(18)15-11-8-10(16(19)20)6-7-12(11)21-3/h4-9H,1-3H3,(H,15,18)/b5-4+. The number of benzene rings is 1. The molecule has 0 bridgehead atoms. The summed E-state index contributed by atoms with van der Waals surface area (Å²) >= 11 is 0. The Balaban J connectivity index is 2.88. The second-order valence-corrected chi connectivity index (χ2v) is 4.21. The molecule has 0 heterocycles. The smallest absolute Gasteiger partial charge is 0.331 e. The molecule has 1 unspecified atom stereocenters. The maximum atomic E-state index is 12.0. The summed E-state index contributed by atoms with van der Waals surface area (Å²) in [6, 6.07) is 3.78. The van der Waals surface area contributed by atoms with Crippen LogP contribution in [0.3, 0.4) is 0 Å². The van der Waals surface area contributed by atoms with Crippen LogP contribution in [0.2, 0.25) is 0 Å². The van der Waals surface area contributed by atoms with Crippen LogP contribution in [0.5, 0.6) is 5.75 Å². The minimum atomic E-state index is -1.06. The van der Waals surface area contributed by atoms with Gasteiger partial charge >= 0.3 is 5.97 Å². The van der Waals surface area contributed by atoms with E-state index in [-0.39, 0.29) is 17.1 Å². The highest BCUT2D eigenvalue weighted by Crippen LogP contribution is 2.29. The predicted molar refractivity (Wildman–Crippen MR) is 78.6 cm³/mol. The van der Waals surface area contributed by atoms with Gasteiger partial charge < -0.3 is 14.8 Å². The first-order valence-electron chi connectivity index (χ1n) is 6.35. The van der Waals surface area contributed by atoms with Crippen LogP contribution in [0.15, 0.2) is 30.4 Å². The highest BCUT2D eigenvalue weighted by atomic mass is 16.6. The molecule has 8 nitrogen and oxygen atoms in total. The normalized spacial score (nSPS) is 11.8. The fourth-order valence-electron chi connectivity index (χ4n) is 1.54. The largest absolute Gasteiger partial charge is 0.495 e. The second kappa shape index (κ2) is 7.77. The number of nitrogens with zero attached hydrogens (tertiary/aromatic N) is 1. The highest BCUT2D eigenvalue weighted by Gasteiger charge is 2.19. The Morgan fingerprint density at radius 2 is 2.09 bits per heavy atom. The van der Waals surface area contributed by atoms with Crippen LogP contribution in [-0.2, 0) is 14.3 Å². The lowest BCUT2D eigenvalue weighted by Crippen LogP contribution is -2.29. The summed E-state index contributed by atoms with van der Waals surface area (Å²) in [5.41, 5.74) is -0.0784. The van der Waals surface area contributed by atoms with Gasteiger partial charge in [-0.25, -0.2) is 4.79 Å². The minimum absolute atomic E-state index is 0.121. The number of hydrogen-bond donors (Lipinski definition) is 1. The molecule has 118 valence electrons. The maximum Gasteiger partial charge on any atom is 0.331 e. The number of esters is 1. The molecule has 0 fully saturated rings. The number of nitrogens with one attached hydrogen (secondary N) is 1. The van der Waals surface area contributed by atoms with Gasteiger partial charge in [0.1, 0.15) is 5.75 Å². The van der Waals surface area contributed by atoms with Crippen molar-refractivity contribution in [1.82, 2.24) is 0 Å². The Bertz CT molecular complexity index is 611. The van der Waals surface area contributed by atoms with Crippen molar-refractivity contribution in [3.05, 3.63) is 40.5 Å². The number of ether oxygens (including phenoxy) is 2. The molecule has 0 aliphatic rings. The Morgan fingerprint density at radius 1 is 1.41 bits per heavy atom. The van der Waals surface area contributed by atoms with Crippen molar-refractivity contribution in [3.63, 3.8) is 0 Å². The van der Waals surface area contributed by atoms with Gasteiger partial charge in [-0.3, -0.25) is 14.9 Å². The molecule has 1 amide bonds. The number of hydrogen-bond acceptors (Lipinski definition) is 6. The zero-order valence-corrected chi connectivity index (χ0v) is 12.4. The summed E-state index contributed by atoms with van der Waals surface area (Å²) in [5, 5.41) is 13.2. The third kappa shape index (κ3) is 4.58. The van der Waals surface area contributed by atoms with Crippen LogP contribution in [-0.4, -0.2) is 30.0 Å². The molecule has 1 aromatic carbocycles. The van der Waals surface area contributed by atoms with Crippen molar-refractivity contribution in [2.75, 3.05) is 12.4 Å². The third-order valence-electron chi connectivity index (χ3n) is 2.62. The van der Waals surface area contributed by atoms with Gasteiger partial charge in [0.25, 0.3) is 11.6 Å². The molecular weight excluding hydrogens is 292 g/mol. The van der Waals surface area contributed by atoms with Crippen LogP contribution >= 0.6 is 0 Å². The number of rotatable bonds is 6. The van der Waals surface area contributed by atoms with E-state index in [1.807, 2.05) is 0 Å². The first kappa shape index (κ1) is 17.2. The SMILES string of the molecule is C/C=C/C(=O)OC(C)C(=O)Nc1cc([N+](=O)[O-])ccc1OC. The summed E-state index contributed by atoms with van der Waals surface area (Å²) in [7, 11) is 1.37. The van der Waals surface area contributed by atoms with Crippen LogP contribution in [0, 0.1) is 10.1 Å². The van der Waals surface area contributed by atoms with E-state index in [0.717, 1.165) is 6.07 Å². The number of amides is 1. The summed E-state index contributed by atoms with van der Waals surface area (Å²) in [6.07, 6.45) is 1.60. The maximum absolute atomic E-state index is 12.0. The molecule has 22 heavy (non-hydrogen) atoms. The summed E-state index contributed by atoms with van der Waals surface area (Å²) in [5.74, 6) is -1.03. The van der Waals surface area contributed by atoms with Crippen LogP contribution in [0.25, 0.3) is 0 Å². The molecule has 0 radical (unpaired) electrons. The van der Waals surface area contributed by atoms with Crippen molar-refractivity contribution in [2.24, 2.45) is 0 Å². The Labute approximate surface area is 126 Å². The average molecular weight is 308 g/mol. The molecule has 1 N–H and O–H groups in total. The Hall–Kier alpha value is -2.90. The monoisotopic (exact) mass is 308 g/mol. The Kier molecular flexibility index (Phi) is 6.06. The van der Waals surface area contributed by atoms with Crippen LogP contribution < -0.4 is 10.1 Å². The molecule has 1 atom stereocenters. The van der Waals surface area contributed by atoms with Gasteiger partial charge in [-0.15, -0.1) is 0 Å². The highest BCUT2D eigenvalue weighted by molar-refractivity contribution is 5.97. The number of methoxy groups -OCH3 is 1. The van der Waals surface area contributed by atoms with Gasteiger partial charge in [0.15, 0.2) is 6.10 Å². The number of non-ortho nitro benzene ring substituents is 1. The number of anilines is 1. The molecule has 0 aromatic heterocycles. The average Bonchev–Trinajstić information content (AvgIpc) is 2.47. The molecule has 1 rings (SSSR count). The zero-order valence-electron chi connectivity index (χ0n) is 12.4. The third-order valence-corrected chi connectivity index (χ3v) is 2.62. The lowest BCUT2D eigenvalue weighted by atomic mass is 10.2. The Morgan fingerprint density at radius 3 is 2.64 bits per heavy atom. The van der Waals surface area contributed by atoms with E-state index < -0.39 is 22.9 Å². The number of carbonyl (C=O) groups excluding carboxylic acids is 2. The van der Waals surface area contributed by atoms with E-state index >= 15 is 0 Å². The number of nitro benzene ring substituents is 1. The van der Waals surface area contributed by atoms with E-state index in [4.69, 9.17) is 9.47 Å². The quantitative estimate of drug-likeness (QED) is 0.373. The van der Waals surface area contributed by atoms with E-state index in [2.05, 4.69) is 5.32 Å². The van der Waals surface area contributed by atoms with Gasteiger partial charge in [-0.1, -0.05) is 6.08 Å². The van der Waals surface area contributed by atoms with Crippen molar-refractivity contribution < 1.29 is 24.0 Å². The first-order chi connectivity index (χ1) is 10.4. The van der Waals surface area contributed by atoms with Crippen molar-refractivity contribution >= 4 is 23.3 Å². The van der Waals surface area contributed by atoms with Crippen molar-refractivity contribution in [3.8, 4) is 5.75 Å². The summed E-state index contributed by atoms with van der Waals surface area (Å²) in [4.78, 5) is 33.4. The minimum Gasteiger partial charge on any atom is -0.495 e. The zero-order chi connectivity index (χ0) is 16.7. The van der Waals surface area contributed by atoms with E-state index in [0.29, 0.717) is 0 Å². The van der Waals surface area contributed by atoms with E-state index in [1.54, 1.807) is 6.92 Å². The number of carbonyl (C=O) groups is 2. The van der Waals surface area contributed by atoms with Gasteiger partial charge in [-0.2, -0.15) is 0 Å². The topological polar surface area (TPSA) is 108 Å². The molecule has 0 aliphatic heterocycles. The van der Waals surface area contributed by atoms with Gasteiger partial charge in [0.05, 0.1) is 17.7 Å². The molecule has 0 spiro atoms. The first-order valence-corrected chi connectivity index (χ1v) is 6.35. The fourth-order valence-corrected chi connectivity index (χ4v) is 1.54. The van der Waals surface area contributed by atoms with E-state index in [9.17, 15) is 19.7 Å². The van der Waals surface area contributed by atoms with Crippen LogP contribution in [0.4, 0.5) is 11.4 Å². The van der Waals surface area contributed by atoms with Crippen LogP contribution in [0.1, 0.15) is 13.8 Å². The van der Waals surface area contributed by atoms with Gasteiger partial charge in [0.2, 0.25) is 0 Å². The van der Waals surface area contributed by atoms with E-state index in [1.165, 1.54) is 38.3 Å². The fraction of sp³-hybridized carbons (Fsp3) is 0.286. The number of allylic oxidation sites excluding steroid dienone is 1. The number of nitro groups is 1. The lowest BCUT2D eigenvalue weighted by molar-refractivity contribution is -0.384.